The first-order valence-corrected chi connectivity index (χ1v) is 7.10. The molecule has 5 heteroatoms. The molecule has 0 saturated heterocycles. The number of ketones is 1. The molecule has 1 aliphatic rings. The standard InChI is InChI=1S/C16H17NO4/c1-10-9-12-11(16(19)20)5-2-3-7-17(12)14(10)15(18)13-6-4-8-21-13/h4,6,8-9,11H,2-3,5,7H2,1H3,(H,19,20). The zero-order chi connectivity index (χ0) is 15.0. The quantitative estimate of drug-likeness (QED) is 0.881. The van der Waals surface area contributed by atoms with Crippen LogP contribution in [0.3, 0.4) is 0 Å². The number of hydrogen-bond donors (Lipinski definition) is 1. The molecule has 0 aliphatic carbocycles. The van der Waals surface area contributed by atoms with Gasteiger partial charge in [0.05, 0.1) is 17.9 Å². The fourth-order valence-corrected chi connectivity index (χ4v) is 3.08. The van der Waals surface area contributed by atoms with Crippen LogP contribution < -0.4 is 0 Å². The second-order valence-electron chi connectivity index (χ2n) is 5.45. The molecule has 0 fully saturated rings. The Kier molecular flexibility index (Phi) is 3.41. The fourth-order valence-electron chi connectivity index (χ4n) is 3.08. The average molecular weight is 287 g/mol. The monoisotopic (exact) mass is 287 g/mol. The van der Waals surface area contributed by atoms with Gasteiger partial charge in [-0.2, -0.15) is 0 Å². The summed E-state index contributed by atoms with van der Waals surface area (Å²) in [6, 6.07) is 5.14. The number of carboxylic acids is 1. The van der Waals surface area contributed by atoms with Crippen molar-refractivity contribution < 1.29 is 19.1 Å². The van der Waals surface area contributed by atoms with E-state index < -0.39 is 11.9 Å². The predicted octanol–water partition coefficient (Wildman–Crippen LogP) is 2.97. The highest BCUT2D eigenvalue weighted by Gasteiger charge is 2.30. The molecular weight excluding hydrogens is 270 g/mol. The molecule has 0 saturated carbocycles. The van der Waals surface area contributed by atoms with E-state index in [1.54, 1.807) is 12.1 Å². The molecule has 21 heavy (non-hydrogen) atoms. The molecule has 0 radical (unpaired) electrons. The van der Waals surface area contributed by atoms with Crippen LogP contribution in [0.5, 0.6) is 0 Å². The Balaban J connectivity index is 2.11. The molecular formula is C16H17NO4. The highest BCUT2D eigenvalue weighted by Crippen LogP contribution is 2.32. The van der Waals surface area contributed by atoms with Gasteiger partial charge in [0.1, 0.15) is 0 Å². The van der Waals surface area contributed by atoms with Crippen molar-refractivity contribution in [1.82, 2.24) is 4.57 Å². The molecule has 0 spiro atoms. The molecule has 3 heterocycles. The van der Waals surface area contributed by atoms with E-state index in [1.807, 2.05) is 17.6 Å². The number of furan rings is 1. The second-order valence-corrected chi connectivity index (χ2v) is 5.45. The number of carboxylic acid groups (broad SMARTS) is 1. The fraction of sp³-hybridized carbons (Fsp3) is 0.375. The molecule has 1 atom stereocenters. The van der Waals surface area contributed by atoms with Gasteiger partial charge in [-0.15, -0.1) is 0 Å². The number of hydrogen-bond acceptors (Lipinski definition) is 3. The van der Waals surface area contributed by atoms with E-state index in [4.69, 9.17) is 4.42 Å². The number of rotatable bonds is 3. The van der Waals surface area contributed by atoms with Crippen molar-refractivity contribution in [2.75, 3.05) is 0 Å². The Morgan fingerprint density at radius 3 is 2.86 bits per heavy atom. The van der Waals surface area contributed by atoms with Crippen LogP contribution in [-0.4, -0.2) is 21.4 Å². The normalized spacial score (nSPS) is 18.0. The molecule has 1 aliphatic heterocycles. The SMILES string of the molecule is Cc1cc2n(c1C(=O)c1ccco1)CCCCC2C(=O)O. The van der Waals surface area contributed by atoms with Crippen molar-refractivity contribution in [2.45, 2.75) is 38.6 Å². The molecule has 2 aromatic heterocycles. The van der Waals surface area contributed by atoms with Crippen molar-refractivity contribution >= 4 is 11.8 Å². The lowest BCUT2D eigenvalue weighted by atomic mass is 9.99. The van der Waals surface area contributed by atoms with Crippen LogP contribution in [0.25, 0.3) is 0 Å². The lowest BCUT2D eigenvalue weighted by Gasteiger charge is -2.13. The number of fused-ring (bicyclic) bond motifs is 1. The summed E-state index contributed by atoms with van der Waals surface area (Å²) in [5.41, 5.74) is 2.08. The third kappa shape index (κ3) is 2.28. The summed E-state index contributed by atoms with van der Waals surface area (Å²) in [7, 11) is 0. The van der Waals surface area contributed by atoms with Crippen LogP contribution in [0.1, 0.15) is 52.7 Å². The van der Waals surface area contributed by atoms with Crippen LogP contribution in [0.2, 0.25) is 0 Å². The van der Waals surface area contributed by atoms with E-state index in [0.717, 1.165) is 24.1 Å². The van der Waals surface area contributed by atoms with Gasteiger partial charge in [0, 0.05) is 12.2 Å². The van der Waals surface area contributed by atoms with Gasteiger partial charge >= 0.3 is 5.97 Å². The number of carbonyl (C=O) groups excluding carboxylic acids is 1. The Hall–Kier alpha value is -2.30. The Labute approximate surface area is 122 Å². The third-order valence-electron chi connectivity index (χ3n) is 4.06. The maximum atomic E-state index is 12.6. The van der Waals surface area contributed by atoms with E-state index in [-0.39, 0.29) is 11.5 Å². The third-order valence-corrected chi connectivity index (χ3v) is 4.06. The summed E-state index contributed by atoms with van der Waals surface area (Å²) < 4.78 is 7.06. The van der Waals surface area contributed by atoms with Gasteiger partial charge in [0.15, 0.2) is 5.76 Å². The minimum absolute atomic E-state index is 0.185. The van der Waals surface area contributed by atoms with Gasteiger partial charge in [0.2, 0.25) is 5.78 Å². The maximum Gasteiger partial charge on any atom is 0.312 e. The molecule has 3 rings (SSSR count). The summed E-state index contributed by atoms with van der Waals surface area (Å²) in [5, 5.41) is 9.42. The van der Waals surface area contributed by atoms with Crippen LogP contribution >= 0.6 is 0 Å². The van der Waals surface area contributed by atoms with E-state index in [1.165, 1.54) is 6.26 Å². The summed E-state index contributed by atoms with van der Waals surface area (Å²) >= 11 is 0. The number of carbonyl (C=O) groups is 2. The van der Waals surface area contributed by atoms with Crippen molar-refractivity contribution in [3.05, 3.63) is 47.2 Å². The average Bonchev–Trinajstić information content (AvgIpc) is 3.02. The molecule has 5 nitrogen and oxygen atoms in total. The lowest BCUT2D eigenvalue weighted by molar-refractivity contribution is -0.139. The molecule has 110 valence electrons. The van der Waals surface area contributed by atoms with Crippen molar-refractivity contribution in [2.24, 2.45) is 0 Å². The van der Waals surface area contributed by atoms with Crippen LogP contribution in [0.15, 0.2) is 28.9 Å². The van der Waals surface area contributed by atoms with E-state index in [2.05, 4.69) is 0 Å². The first-order chi connectivity index (χ1) is 10.1. The molecule has 0 amide bonds. The van der Waals surface area contributed by atoms with E-state index in [0.29, 0.717) is 18.7 Å². The zero-order valence-corrected chi connectivity index (χ0v) is 11.8. The summed E-state index contributed by atoms with van der Waals surface area (Å²) in [6.07, 6.45) is 3.82. The Bertz CT molecular complexity index is 681. The van der Waals surface area contributed by atoms with Gasteiger partial charge in [-0.1, -0.05) is 6.42 Å². The van der Waals surface area contributed by atoms with Crippen LogP contribution in [0, 0.1) is 6.92 Å². The van der Waals surface area contributed by atoms with Gasteiger partial charge in [-0.3, -0.25) is 9.59 Å². The van der Waals surface area contributed by atoms with E-state index >= 15 is 0 Å². The highest BCUT2D eigenvalue weighted by molar-refractivity contribution is 6.07. The Morgan fingerprint density at radius 1 is 1.38 bits per heavy atom. The van der Waals surface area contributed by atoms with Gasteiger partial charge in [0.25, 0.3) is 0 Å². The number of aromatic nitrogens is 1. The smallest absolute Gasteiger partial charge is 0.312 e. The lowest BCUT2D eigenvalue weighted by Crippen LogP contribution is -2.17. The minimum atomic E-state index is -0.826. The first kappa shape index (κ1) is 13.7. The van der Waals surface area contributed by atoms with Crippen molar-refractivity contribution in [1.29, 1.82) is 0 Å². The first-order valence-electron chi connectivity index (χ1n) is 7.10. The summed E-state index contributed by atoms with van der Waals surface area (Å²) in [4.78, 5) is 24.1. The summed E-state index contributed by atoms with van der Waals surface area (Å²) in [5.74, 6) is -1.26. The van der Waals surface area contributed by atoms with Gasteiger partial charge in [-0.05, 0) is 43.5 Å². The minimum Gasteiger partial charge on any atom is -0.481 e. The highest BCUT2D eigenvalue weighted by atomic mass is 16.4. The number of nitrogens with zero attached hydrogens (tertiary/aromatic N) is 1. The molecule has 0 bridgehead atoms. The molecule has 0 aromatic carbocycles. The van der Waals surface area contributed by atoms with E-state index in [9.17, 15) is 14.7 Å². The van der Waals surface area contributed by atoms with Crippen LogP contribution in [-0.2, 0) is 11.3 Å². The molecule has 2 aromatic rings. The Morgan fingerprint density at radius 2 is 2.19 bits per heavy atom. The molecule has 1 N–H and O–H groups in total. The number of aryl methyl sites for hydroxylation is 1. The van der Waals surface area contributed by atoms with Crippen LogP contribution in [0.4, 0.5) is 0 Å². The zero-order valence-electron chi connectivity index (χ0n) is 11.8. The summed E-state index contributed by atoms with van der Waals surface area (Å²) in [6.45, 7) is 2.52. The van der Waals surface area contributed by atoms with Gasteiger partial charge < -0.3 is 14.1 Å². The van der Waals surface area contributed by atoms with Crippen molar-refractivity contribution in [3.63, 3.8) is 0 Å². The number of aliphatic carboxylic acids is 1. The largest absolute Gasteiger partial charge is 0.481 e. The topological polar surface area (TPSA) is 72.4 Å². The predicted molar refractivity (Wildman–Crippen MR) is 75.5 cm³/mol. The van der Waals surface area contributed by atoms with Gasteiger partial charge in [-0.25, -0.2) is 0 Å². The van der Waals surface area contributed by atoms with Crippen molar-refractivity contribution in [3.8, 4) is 0 Å². The molecule has 1 unspecified atom stereocenters. The second kappa shape index (κ2) is 5.24. The maximum absolute atomic E-state index is 12.6.